The number of anilines is 2. The standard InChI is InChI=1S/C20H17N3O2/c1-14-5-4-6-16(13-14)22-20(25)17-7-2-3-8-18(17)23-19(24)15-9-11-21-12-10-15/h2-13H,1H3,(H,22,25)(H,23,24). The number of nitrogens with one attached hydrogen (secondary N) is 2. The molecule has 2 N–H and O–H groups in total. The van der Waals surface area contributed by atoms with Crippen LogP contribution in [0.2, 0.25) is 0 Å². The van der Waals surface area contributed by atoms with Crippen molar-refractivity contribution in [2.45, 2.75) is 6.92 Å². The Morgan fingerprint density at radius 2 is 1.60 bits per heavy atom. The van der Waals surface area contributed by atoms with E-state index in [1.807, 2.05) is 31.2 Å². The van der Waals surface area contributed by atoms with Crippen molar-refractivity contribution in [3.05, 3.63) is 89.7 Å². The second-order valence-electron chi connectivity index (χ2n) is 5.56. The summed E-state index contributed by atoms with van der Waals surface area (Å²) in [6.07, 6.45) is 3.09. The van der Waals surface area contributed by atoms with E-state index >= 15 is 0 Å². The minimum atomic E-state index is -0.293. The number of para-hydroxylation sites is 1. The van der Waals surface area contributed by atoms with E-state index in [9.17, 15) is 9.59 Å². The van der Waals surface area contributed by atoms with Crippen molar-refractivity contribution in [1.29, 1.82) is 0 Å². The monoisotopic (exact) mass is 331 g/mol. The molecule has 3 rings (SSSR count). The average Bonchev–Trinajstić information content (AvgIpc) is 2.63. The Morgan fingerprint density at radius 1 is 0.840 bits per heavy atom. The molecule has 2 amide bonds. The molecule has 0 aliphatic carbocycles. The number of rotatable bonds is 4. The van der Waals surface area contributed by atoms with E-state index in [0.717, 1.165) is 5.56 Å². The van der Waals surface area contributed by atoms with Gasteiger partial charge in [0.05, 0.1) is 11.3 Å². The Hall–Kier alpha value is -3.47. The molecular formula is C20H17N3O2. The molecule has 1 aromatic heterocycles. The quantitative estimate of drug-likeness (QED) is 0.762. The maximum atomic E-state index is 12.6. The molecule has 0 saturated carbocycles. The molecule has 2 aromatic carbocycles. The molecule has 124 valence electrons. The summed E-state index contributed by atoms with van der Waals surface area (Å²) >= 11 is 0. The van der Waals surface area contributed by atoms with E-state index in [1.54, 1.807) is 48.8 Å². The largest absolute Gasteiger partial charge is 0.322 e. The van der Waals surface area contributed by atoms with Crippen LogP contribution in [0.5, 0.6) is 0 Å². The Kier molecular flexibility index (Phi) is 4.85. The third kappa shape index (κ3) is 4.09. The lowest BCUT2D eigenvalue weighted by molar-refractivity contribution is 0.102. The first-order valence-electron chi connectivity index (χ1n) is 7.82. The van der Waals surface area contributed by atoms with Crippen molar-refractivity contribution >= 4 is 23.2 Å². The molecule has 0 radical (unpaired) electrons. The predicted molar refractivity (Wildman–Crippen MR) is 97.8 cm³/mol. The number of aromatic nitrogens is 1. The highest BCUT2D eigenvalue weighted by molar-refractivity contribution is 6.12. The van der Waals surface area contributed by atoms with Crippen LogP contribution in [0.25, 0.3) is 0 Å². The van der Waals surface area contributed by atoms with Gasteiger partial charge in [0.25, 0.3) is 11.8 Å². The highest BCUT2D eigenvalue weighted by Gasteiger charge is 2.14. The number of hydrogen-bond donors (Lipinski definition) is 2. The normalized spacial score (nSPS) is 10.1. The first-order chi connectivity index (χ1) is 12.1. The Labute approximate surface area is 145 Å². The molecule has 0 saturated heterocycles. The zero-order chi connectivity index (χ0) is 17.6. The summed E-state index contributed by atoms with van der Waals surface area (Å²) in [7, 11) is 0. The molecule has 0 aliphatic rings. The number of benzene rings is 2. The van der Waals surface area contributed by atoms with E-state index < -0.39 is 0 Å². The number of aryl methyl sites for hydroxylation is 1. The fourth-order valence-electron chi connectivity index (χ4n) is 2.41. The molecule has 0 atom stereocenters. The van der Waals surface area contributed by atoms with Crippen molar-refractivity contribution in [3.63, 3.8) is 0 Å². The SMILES string of the molecule is Cc1cccc(NC(=O)c2ccccc2NC(=O)c2ccncc2)c1. The minimum Gasteiger partial charge on any atom is -0.322 e. The summed E-state index contributed by atoms with van der Waals surface area (Å²) in [5.41, 5.74) is 3.09. The van der Waals surface area contributed by atoms with Crippen molar-refractivity contribution in [2.75, 3.05) is 10.6 Å². The maximum Gasteiger partial charge on any atom is 0.257 e. The van der Waals surface area contributed by atoms with Gasteiger partial charge < -0.3 is 10.6 Å². The van der Waals surface area contributed by atoms with Crippen LogP contribution < -0.4 is 10.6 Å². The number of hydrogen-bond acceptors (Lipinski definition) is 3. The number of nitrogens with zero attached hydrogens (tertiary/aromatic N) is 1. The maximum absolute atomic E-state index is 12.6. The number of pyridine rings is 1. The fourth-order valence-corrected chi connectivity index (χ4v) is 2.41. The van der Waals surface area contributed by atoms with Gasteiger partial charge in [-0.15, -0.1) is 0 Å². The summed E-state index contributed by atoms with van der Waals surface area (Å²) in [6.45, 7) is 1.96. The van der Waals surface area contributed by atoms with Crippen LogP contribution in [-0.2, 0) is 0 Å². The van der Waals surface area contributed by atoms with Crippen LogP contribution in [0.15, 0.2) is 73.1 Å². The van der Waals surface area contributed by atoms with Gasteiger partial charge in [0.1, 0.15) is 0 Å². The zero-order valence-corrected chi connectivity index (χ0v) is 13.7. The van der Waals surface area contributed by atoms with Crippen LogP contribution in [0.4, 0.5) is 11.4 Å². The van der Waals surface area contributed by atoms with Gasteiger partial charge in [0.2, 0.25) is 0 Å². The van der Waals surface area contributed by atoms with Gasteiger partial charge in [-0.2, -0.15) is 0 Å². The topological polar surface area (TPSA) is 71.1 Å². The Morgan fingerprint density at radius 3 is 2.36 bits per heavy atom. The molecule has 0 fully saturated rings. The van der Waals surface area contributed by atoms with E-state index in [4.69, 9.17) is 0 Å². The van der Waals surface area contributed by atoms with Gasteiger partial charge in [-0.25, -0.2) is 0 Å². The smallest absolute Gasteiger partial charge is 0.257 e. The van der Waals surface area contributed by atoms with Crippen molar-refractivity contribution < 1.29 is 9.59 Å². The molecule has 0 spiro atoms. The van der Waals surface area contributed by atoms with Crippen molar-refractivity contribution in [1.82, 2.24) is 4.98 Å². The molecule has 5 heteroatoms. The zero-order valence-electron chi connectivity index (χ0n) is 13.7. The molecule has 3 aromatic rings. The van der Waals surface area contributed by atoms with Gasteiger partial charge >= 0.3 is 0 Å². The summed E-state index contributed by atoms with van der Waals surface area (Å²) in [6, 6.07) is 17.7. The van der Waals surface area contributed by atoms with Gasteiger partial charge in [0.15, 0.2) is 0 Å². The molecule has 25 heavy (non-hydrogen) atoms. The lowest BCUT2D eigenvalue weighted by Gasteiger charge is -2.12. The van der Waals surface area contributed by atoms with Crippen LogP contribution in [0, 0.1) is 6.92 Å². The highest BCUT2D eigenvalue weighted by atomic mass is 16.2. The van der Waals surface area contributed by atoms with E-state index in [1.165, 1.54) is 0 Å². The average molecular weight is 331 g/mol. The summed E-state index contributed by atoms with van der Waals surface area (Å²) in [5, 5.41) is 5.63. The minimum absolute atomic E-state index is 0.281. The lowest BCUT2D eigenvalue weighted by atomic mass is 10.1. The molecule has 1 heterocycles. The van der Waals surface area contributed by atoms with Gasteiger partial charge in [0, 0.05) is 23.6 Å². The second kappa shape index (κ2) is 7.40. The summed E-state index contributed by atoms with van der Waals surface area (Å²) in [5.74, 6) is -0.575. The van der Waals surface area contributed by atoms with Crippen LogP contribution in [0.1, 0.15) is 26.3 Å². The van der Waals surface area contributed by atoms with Crippen LogP contribution in [-0.4, -0.2) is 16.8 Å². The lowest BCUT2D eigenvalue weighted by Crippen LogP contribution is -2.18. The summed E-state index contributed by atoms with van der Waals surface area (Å²) < 4.78 is 0. The van der Waals surface area contributed by atoms with Crippen molar-refractivity contribution in [3.8, 4) is 0 Å². The van der Waals surface area contributed by atoms with Gasteiger partial charge in [-0.05, 0) is 48.9 Å². The number of carbonyl (C=O) groups excluding carboxylic acids is 2. The first-order valence-corrected chi connectivity index (χ1v) is 7.82. The fraction of sp³-hybridized carbons (Fsp3) is 0.0500. The second-order valence-corrected chi connectivity index (χ2v) is 5.56. The molecular weight excluding hydrogens is 314 g/mol. The molecule has 0 bridgehead atoms. The Bertz CT molecular complexity index is 908. The third-order valence-electron chi connectivity index (χ3n) is 3.64. The van der Waals surface area contributed by atoms with E-state index in [2.05, 4.69) is 15.6 Å². The van der Waals surface area contributed by atoms with E-state index in [0.29, 0.717) is 22.5 Å². The van der Waals surface area contributed by atoms with Crippen LogP contribution in [0.3, 0.4) is 0 Å². The van der Waals surface area contributed by atoms with Crippen LogP contribution >= 0.6 is 0 Å². The van der Waals surface area contributed by atoms with Gasteiger partial charge in [-0.1, -0.05) is 24.3 Å². The van der Waals surface area contributed by atoms with E-state index in [-0.39, 0.29) is 11.8 Å². The molecule has 5 nitrogen and oxygen atoms in total. The first kappa shape index (κ1) is 16.4. The third-order valence-corrected chi connectivity index (χ3v) is 3.64. The Balaban J connectivity index is 1.81. The number of amides is 2. The van der Waals surface area contributed by atoms with Crippen molar-refractivity contribution in [2.24, 2.45) is 0 Å². The van der Waals surface area contributed by atoms with Gasteiger partial charge in [-0.3, -0.25) is 14.6 Å². The highest BCUT2D eigenvalue weighted by Crippen LogP contribution is 2.19. The molecule has 0 aliphatic heterocycles. The predicted octanol–water partition coefficient (Wildman–Crippen LogP) is 3.89. The number of carbonyl (C=O) groups is 2. The molecule has 0 unspecified atom stereocenters. The summed E-state index contributed by atoms with van der Waals surface area (Å²) in [4.78, 5) is 28.8.